The highest BCUT2D eigenvalue weighted by Crippen LogP contribution is 2.26. The SMILES string of the molecule is O=C1C(Cl)=C(Cl)N=C(Cl)C1Cl. The van der Waals surface area contributed by atoms with E-state index in [4.69, 9.17) is 46.4 Å². The number of rotatable bonds is 0. The second-order valence-corrected chi connectivity index (χ2v) is 3.33. The second kappa shape index (κ2) is 3.31. The van der Waals surface area contributed by atoms with E-state index in [1.165, 1.54) is 0 Å². The molecule has 1 rings (SSSR count). The molecule has 2 nitrogen and oxygen atoms in total. The standard InChI is InChI=1S/C5HCl4NO/c6-1-3(11)2(7)5(9)10-4(1)8/h1H. The summed E-state index contributed by atoms with van der Waals surface area (Å²) in [6.45, 7) is 0. The van der Waals surface area contributed by atoms with E-state index in [1.54, 1.807) is 0 Å². The summed E-state index contributed by atoms with van der Waals surface area (Å²) in [5, 5.41) is -1.33. The van der Waals surface area contributed by atoms with Gasteiger partial charge < -0.3 is 0 Å². The Morgan fingerprint density at radius 2 is 1.82 bits per heavy atom. The van der Waals surface area contributed by atoms with Gasteiger partial charge in [0.2, 0.25) is 5.78 Å². The van der Waals surface area contributed by atoms with Gasteiger partial charge in [-0.15, -0.1) is 11.6 Å². The molecule has 0 aromatic heterocycles. The largest absolute Gasteiger partial charge is 0.291 e. The third-order valence-corrected chi connectivity index (χ3v) is 2.60. The normalized spacial score (nSPS) is 25.6. The molecule has 1 unspecified atom stereocenters. The van der Waals surface area contributed by atoms with Crippen molar-refractivity contribution >= 4 is 57.4 Å². The monoisotopic (exact) mass is 231 g/mol. The lowest BCUT2D eigenvalue weighted by molar-refractivity contribution is -0.113. The van der Waals surface area contributed by atoms with Crippen LogP contribution in [0.5, 0.6) is 0 Å². The molecular weight excluding hydrogens is 232 g/mol. The first-order valence-electron chi connectivity index (χ1n) is 2.51. The van der Waals surface area contributed by atoms with Crippen LogP contribution in [0.15, 0.2) is 15.2 Å². The first-order chi connectivity index (χ1) is 5.04. The van der Waals surface area contributed by atoms with Crippen molar-refractivity contribution in [1.82, 2.24) is 0 Å². The molecule has 0 aliphatic carbocycles. The van der Waals surface area contributed by atoms with Crippen LogP contribution in [-0.2, 0) is 4.79 Å². The number of hydrogen-bond acceptors (Lipinski definition) is 2. The summed E-state index contributed by atoms with van der Waals surface area (Å²) in [6, 6.07) is 0. The molecule has 11 heavy (non-hydrogen) atoms. The van der Waals surface area contributed by atoms with Crippen molar-refractivity contribution in [2.24, 2.45) is 4.99 Å². The Morgan fingerprint density at radius 1 is 1.27 bits per heavy atom. The van der Waals surface area contributed by atoms with E-state index in [9.17, 15) is 4.79 Å². The number of carbonyl (C=O) groups is 1. The summed E-state index contributed by atoms with van der Waals surface area (Å²) in [5.74, 6) is -0.515. The average Bonchev–Trinajstić information content (AvgIpc) is 1.97. The number of nitrogens with zero attached hydrogens (tertiary/aromatic N) is 1. The molecule has 1 heterocycles. The molecule has 1 aliphatic rings. The number of allylic oxidation sites excluding steroid dienone is 1. The fourth-order valence-electron chi connectivity index (χ4n) is 0.521. The maximum Gasteiger partial charge on any atom is 0.202 e. The number of alkyl halides is 1. The van der Waals surface area contributed by atoms with E-state index in [1.807, 2.05) is 0 Å². The lowest BCUT2D eigenvalue weighted by Crippen LogP contribution is -2.24. The van der Waals surface area contributed by atoms with E-state index in [0.717, 1.165) is 0 Å². The van der Waals surface area contributed by atoms with Crippen LogP contribution >= 0.6 is 46.4 Å². The molecule has 0 N–H and O–H groups in total. The molecule has 0 saturated carbocycles. The number of halogens is 4. The van der Waals surface area contributed by atoms with Crippen LogP contribution in [0.25, 0.3) is 0 Å². The highest BCUT2D eigenvalue weighted by molar-refractivity contribution is 6.76. The maximum absolute atomic E-state index is 11.0. The van der Waals surface area contributed by atoms with Gasteiger partial charge in [0, 0.05) is 0 Å². The zero-order valence-corrected chi connectivity index (χ0v) is 7.97. The lowest BCUT2D eigenvalue weighted by atomic mass is 10.2. The summed E-state index contributed by atoms with van der Waals surface area (Å²) in [4.78, 5) is 14.5. The van der Waals surface area contributed by atoms with E-state index in [2.05, 4.69) is 4.99 Å². The fourth-order valence-corrected chi connectivity index (χ4v) is 1.30. The topological polar surface area (TPSA) is 29.4 Å². The van der Waals surface area contributed by atoms with E-state index < -0.39 is 11.2 Å². The first-order valence-corrected chi connectivity index (χ1v) is 4.08. The molecule has 6 heteroatoms. The summed E-state index contributed by atoms with van der Waals surface area (Å²) in [7, 11) is 0. The number of carbonyl (C=O) groups excluding carboxylic acids is 1. The van der Waals surface area contributed by atoms with Gasteiger partial charge in [-0.1, -0.05) is 34.8 Å². The predicted octanol–water partition coefficient (Wildman–Crippen LogP) is 2.46. The molecule has 0 aromatic carbocycles. The van der Waals surface area contributed by atoms with Crippen molar-refractivity contribution in [2.75, 3.05) is 0 Å². The van der Waals surface area contributed by atoms with Gasteiger partial charge in [-0.05, 0) is 0 Å². The minimum absolute atomic E-state index is 0.0499. The van der Waals surface area contributed by atoms with E-state index >= 15 is 0 Å². The van der Waals surface area contributed by atoms with Crippen LogP contribution in [0.1, 0.15) is 0 Å². The summed E-state index contributed by atoms with van der Waals surface area (Å²) in [5.41, 5.74) is 0. The average molecular weight is 233 g/mol. The van der Waals surface area contributed by atoms with Gasteiger partial charge in [0.05, 0.1) is 0 Å². The zero-order chi connectivity index (χ0) is 8.59. The van der Waals surface area contributed by atoms with Gasteiger partial charge in [-0.25, -0.2) is 4.99 Å². The molecule has 1 atom stereocenters. The smallest absolute Gasteiger partial charge is 0.202 e. The molecule has 0 spiro atoms. The van der Waals surface area contributed by atoms with Crippen LogP contribution in [0.2, 0.25) is 0 Å². The molecule has 60 valence electrons. The van der Waals surface area contributed by atoms with Crippen LogP contribution in [0.3, 0.4) is 0 Å². The van der Waals surface area contributed by atoms with Crippen molar-refractivity contribution in [1.29, 1.82) is 0 Å². The Morgan fingerprint density at radius 3 is 2.36 bits per heavy atom. The van der Waals surface area contributed by atoms with E-state index in [0.29, 0.717) is 0 Å². The van der Waals surface area contributed by atoms with Gasteiger partial charge in [0.1, 0.15) is 10.2 Å². The summed E-state index contributed by atoms with van der Waals surface area (Å²) >= 11 is 21.8. The first kappa shape index (κ1) is 9.33. The minimum atomic E-state index is -0.994. The highest BCUT2D eigenvalue weighted by Gasteiger charge is 2.29. The Kier molecular flexibility index (Phi) is 2.81. The lowest BCUT2D eigenvalue weighted by Gasteiger charge is -2.10. The zero-order valence-electron chi connectivity index (χ0n) is 4.94. The minimum Gasteiger partial charge on any atom is -0.291 e. The highest BCUT2D eigenvalue weighted by atomic mass is 35.5. The van der Waals surface area contributed by atoms with Gasteiger partial charge in [0.25, 0.3) is 0 Å². The van der Waals surface area contributed by atoms with Crippen LogP contribution in [-0.4, -0.2) is 16.3 Å². The third kappa shape index (κ3) is 1.70. The Labute approximate surface area is 82.8 Å². The van der Waals surface area contributed by atoms with Crippen molar-refractivity contribution in [3.8, 4) is 0 Å². The second-order valence-electron chi connectivity index (χ2n) is 1.77. The quantitative estimate of drug-likeness (QED) is 0.466. The van der Waals surface area contributed by atoms with Crippen LogP contribution in [0.4, 0.5) is 0 Å². The van der Waals surface area contributed by atoms with Crippen LogP contribution < -0.4 is 0 Å². The van der Waals surface area contributed by atoms with Gasteiger partial charge in [0.15, 0.2) is 10.5 Å². The molecule has 0 radical (unpaired) electrons. The van der Waals surface area contributed by atoms with Crippen molar-refractivity contribution in [2.45, 2.75) is 5.38 Å². The van der Waals surface area contributed by atoms with Crippen molar-refractivity contribution < 1.29 is 4.79 Å². The predicted molar refractivity (Wildman–Crippen MR) is 46.7 cm³/mol. The van der Waals surface area contributed by atoms with Gasteiger partial charge in [-0.3, -0.25) is 4.79 Å². The number of ketones is 1. The molecule has 0 saturated heterocycles. The fraction of sp³-hybridized carbons (Fsp3) is 0.200. The Balaban J connectivity index is 3.11. The molecular formula is C5HCl4NO. The molecule has 0 fully saturated rings. The van der Waals surface area contributed by atoms with Crippen molar-refractivity contribution in [3.63, 3.8) is 0 Å². The Hall–Kier alpha value is 0.240. The van der Waals surface area contributed by atoms with Crippen molar-refractivity contribution in [3.05, 3.63) is 10.2 Å². The summed E-state index contributed by atoms with van der Waals surface area (Å²) < 4.78 is 0. The maximum atomic E-state index is 11.0. The molecule has 0 aromatic rings. The van der Waals surface area contributed by atoms with Crippen LogP contribution in [0, 0.1) is 0 Å². The molecule has 0 bridgehead atoms. The number of hydrogen-bond donors (Lipinski definition) is 0. The summed E-state index contributed by atoms with van der Waals surface area (Å²) in [6.07, 6.45) is 0. The third-order valence-electron chi connectivity index (χ3n) is 1.04. The van der Waals surface area contributed by atoms with E-state index in [-0.39, 0.29) is 15.4 Å². The van der Waals surface area contributed by atoms with Gasteiger partial charge in [-0.2, -0.15) is 0 Å². The number of aliphatic imine (C=N–C) groups is 1. The van der Waals surface area contributed by atoms with Gasteiger partial charge >= 0.3 is 0 Å². The number of Topliss-reactive ketones (excluding diaryl/α,β-unsaturated/α-hetero) is 1. The molecule has 0 amide bonds. The Bertz CT molecular complexity index is 268. The molecule has 1 aliphatic heterocycles.